The van der Waals surface area contributed by atoms with Crippen LogP contribution in [0.4, 0.5) is 10.2 Å². The van der Waals surface area contributed by atoms with Gasteiger partial charge in [-0.3, -0.25) is 4.79 Å². The minimum atomic E-state index is -0.421. The average molecular weight is 502 g/mol. The second kappa shape index (κ2) is 9.15. The number of rotatable bonds is 5. The number of pyridine rings is 1. The summed E-state index contributed by atoms with van der Waals surface area (Å²) in [6.45, 7) is 4.31. The van der Waals surface area contributed by atoms with Crippen molar-refractivity contribution in [1.29, 1.82) is 0 Å². The maximum absolute atomic E-state index is 13.2. The number of halogens is 1. The standard InChI is InChI=1S/C28H28FN5O3/c1-28(16-36-17-28)27(35)33-14-2-3-18(15-33)24-23-12-13-31-26(30)25(23)34(32-24)20-6-10-22(11-7-20)37-21-8-4-19(29)5-9-21/h4-13,18H,2-3,14-17H2,1H3,(H2,30,31)/t18-/m1/s1. The van der Waals surface area contributed by atoms with Gasteiger partial charge in [-0.1, -0.05) is 0 Å². The van der Waals surface area contributed by atoms with E-state index in [1.165, 1.54) is 12.1 Å². The topological polar surface area (TPSA) is 95.5 Å². The van der Waals surface area contributed by atoms with E-state index in [2.05, 4.69) is 4.98 Å². The molecular weight excluding hydrogens is 473 g/mol. The molecule has 8 nitrogen and oxygen atoms in total. The highest BCUT2D eigenvalue weighted by Gasteiger charge is 2.44. The summed E-state index contributed by atoms with van der Waals surface area (Å²) in [6.07, 6.45) is 3.55. The van der Waals surface area contributed by atoms with Gasteiger partial charge < -0.3 is 20.1 Å². The second-order valence-corrected chi connectivity index (χ2v) is 10.1. The summed E-state index contributed by atoms with van der Waals surface area (Å²) in [7, 11) is 0. The molecule has 190 valence electrons. The van der Waals surface area contributed by atoms with Gasteiger partial charge in [0.2, 0.25) is 5.91 Å². The number of carbonyl (C=O) groups is 1. The molecule has 2 N–H and O–H groups in total. The van der Waals surface area contributed by atoms with Gasteiger partial charge in [0.25, 0.3) is 0 Å². The van der Waals surface area contributed by atoms with Crippen molar-refractivity contribution in [2.75, 3.05) is 32.0 Å². The molecule has 9 heteroatoms. The van der Waals surface area contributed by atoms with Crippen LogP contribution in [0.5, 0.6) is 11.5 Å². The van der Waals surface area contributed by atoms with Crippen LogP contribution in [0.25, 0.3) is 16.6 Å². The largest absolute Gasteiger partial charge is 0.457 e. The van der Waals surface area contributed by atoms with E-state index in [4.69, 9.17) is 20.3 Å². The molecule has 0 unspecified atom stereocenters. The van der Waals surface area contributed by atoms with Gasteiger partial charge >= 0.3 is 0 Å². The first-order valence-electron chi connectivity index (χ1n) is 12.5. The molecule has 0 aliphatic carbocycles. The Kier molecular flexibility index (Phi) is 5.79. The zero-order chi connectivity index (χ0) is 25.6. The molecule has 0 bridgehead atoms. The van der Waals surface area contributed by atoms with E-state index >= 15 is 0 Å². The number of fused-ring (bicyclic) bond motifs is 1. The molecule has 0 saturated carbocycles. The molecule has 4 heterocycles. The molecule has 1 atom stereocenters. The predicted octanol–water partition coefficient (Wildman–Crippen LogP) is 4.68. The highest BCUT2D eigenvalue weighted by molar-refractivity contribution is 5.91. The SMILES string of the molecule is CC1(C(=O)N2CCC[C@@H](c3nn(-c4ccc(Oc5ccc(F)cc5)cc4)c4c(N)nccc34)C2)COC1. The van der Waals surface area contributed by atoms with Gasteiger partial charge in [0.05, 0.1) is 30.0 Å². The zero-order valence-corrected chi connectivity index (χ0v) is 20.6. The number of carbonyl (C=O) groups excluding carboxylic acids is 1. The summed E-state index contributed by atoms with van der Waals surface area (Å²) in [6, 6.07) is 15.3. The molecule has 2 aliphatic heterocycles. The summed E-state index contributed by atoms with van der Waals surface area (Å²) in [5.74, 6) is 1.50. The lowest BCUT2D eigenvalue weighted by molar-refractivity contribution is -0.169. The first kappa shape index (κ1) is 23.4. The average Bonchev–Trinajstić information content (AvgIpc) is 3.30. The quantitative estimate of drug-likeness (QED) is 0.427. The van der Waals surface area contributed by atoms with Crippen LogP contribution in [0.2, 0.25) is 0 Å². The zero-order valence-electron chi connectivity index (χ0n) is 20.6. The number of anilines is 1. The molecule has 37 heavy (non-hydrogen) atoms. The summed E-state index contributed by atoms with van der Waals surface area (Å²) >= 11 is 0. The van der Waals surface area contributed by atoms with Crippen molar-refractivity contribution in [2.45, 2.75) is 25.7 Å². The van der Waals surface area contributed by atoms with Crippen LogP contribution in [-0.4, -0.2) is 51.9 Å². The normalized spacial score (nSPS) is 19.0. The number of likely N-dealkylation sites (tertiary alicyclic amines) is 1. The van der Waals surface area contributed by atoms with Gasteiger partial charge in [-0.15, -0.1) is 0 Å². The predicted molar refractivity (Wildman–Crippen MR) is 137 cm³/mol. The molecular formula is C28H28FN5O3. The first-order chi connectivity index (χ1) is 17.9. The monoisotopic (exact) mass is 501 g/mol. The van der Waals surface area contributed by atoms with Crippen molar-refractivity contribution in [3.05, 3.63) is 72.3 Å². The lowest BCUT2D eigenvalue weighted by atomic mass is 9.85. The molecule has 2 saturated heterocycles. The van der Waals surface area contributed by atoms with E-state index in [-0.39, 0.29) is 17.6 Å². The molecule has 2 fully saturated rings. The maximum atomic E-state index is 13.2. The molecule has 0 spiro atoms. The van der Waals surface area contributed by atoms with Crippen LogP contribution >= 0.6 is 0 Å². The van der Waals surface area contributed by atoms with E-state index in [0.717, 1.165) is 41.7 Å². The highest BCUT2D eigenvalue weighted by atomic mass is 19.1. The fourth-order valence-corrected chi connectivity index (χ4v) is 5.19. The van der Waals surface area contributed by atoms with Crippen molar-refractivity contribution >= 4 is 22.6 Å². The fourth-order valence-electron chi connectivity index (χ4n) is 5.19. The van der Waals surface area contributed by atoms with E-state index in [9.17, 15) is 9.18 Å². The Morgan fingerprint density at radius 1 is 1.11 bits per heavy atom. The van der Waals surface area contributed by atoms with Crippen LogP contribution in [0.1, 0.15) is 31.4 Å². The molecule has 1 amide bonds. The minimum absolute atomic E-state index is 0.0916. The number of ether oxygens (including phenoxy) is 2. The molecule has 2 aromatic heterocycles. The molecule has 4 aromatic rings. The number of hydrogen-bond acceptors (Lipinski definition) is 6. The van der Waals surface area contributed by atoms with Crippen molar-refractivity contribution in [2.24, 2.45) is 5.41 Å². The first-order valence-corrected chi connectivity index (χ1v) is 12.5. The fraction of sp³-hybridized carbons (Fsp3) is 0.321. The van der Waals surface area contributed by atoms with Gasteiger partial charge in [-0.05, 0) is 74.4 Å². The lowest BCUT2D eigenvalue weighted by Gasteiger charge is -2.42. The van der Waals surface area contributed by atoms with Gasteiger partial charge in [-0.2, -0.15) is 5.10 Å². The third-order valence-electron chi connectivity index (χ3n) is 7.23. The Balaban J connectivity index is 1.30. The van der Waals surface area contributed by atoms with Crippen LogP contribution in [0.3, 0.4) is 0 Å². The number of hydrogen-bond donors (Lipinski definition) is 1. The Bertz CT molecular complexity index is 1450. The number of nitrogens with zero attached hydrogens (tertiary/aromatic N) is 4. The number of aromatic nitrogens is 3. The third-order valence-corrected chi connectivity index (χ3v) is 7.23. The van der Waals surface area contributed by atoms with Gasteiger partial charge in [0, 0.05) is 30.6 Å². The van der Waals surface area contributed by atoms with E-state index in [1.54, 1.807) is 18.3 Å². The number of nitrogen functional groups attached to an aromatic ring is 1. The van der Waals surface area contributed by atoms with Crippen molar-refractivity contribution in [3.63, 3.8) is 0 Å². The molecule has 2 aliphatic rings. The van der Waals surface area contributed by atoms with Crippen LogP contribution in [0, 0.1) is 11.2 Å². The van der Waals surface area contributed by atoms with Crippen molar-refractivity contribution < 1.29 is 18.7 Å². The summed E-state index contributed by atoms with van der Waals surface area (Å²) < 4.78 is 26.2. The summed E-state index contributed by atoms with van der Waals surface area (Å²) in [4.78, 5) is 19.4. The summed E-state index contributed by atoms with van der Waals surface area (Å²) in [5.41, 5.74) is 8.39. The van der Waals surface area contributed by atoms with Gasteiger partial charge in [0.15, 0.2) is 0 Å². The minimum Gasteiger partial charge on any atom is -0.457 e. The Hall–Kier alpha value is -3.98. The Labute approximate surface area is 213 Å². The van der Waals surface area contributed by atoms with E-state index in [0.29, 0.717) is 37.1 Å². The maximum Gasteiger partial charge on any atom is 0.233 e. The smallest absolute Gasteiger partial charge is 0.233 e. The third kappa shape index (κ3) is 4.29. The summed E-state index contributed by atoms with van der Waals surface area (Å²) in [5, 5.41) is 5.95. The number of nitrogens with two attached hydrogens (primary N) is 1. The van der Waals surface area contributed by atoms with Crippen LogP contribution in [-0.2, 0) is 9.53 Å². The van der Waals surface area contributed by atoms with Crippen molar-refractivity contribution in [3.8, 4) is 17.2 Å². The molecule has 0 radical (unpaired) electrons. The van der Waals surface area contributed by atoms with E-state index in [1.807, 2.05) is 46.8 Å². The Morgan fingerprint density at radius 3 is 2.49 bits per heavy atom. The van der Waals surface area contributed by atoms with Crippen LogP contribution in [0.15, 0.2) is 60.8 Å². The molecule has 6 rings (SSSR count). The van der Waals surface area contributed by atoms with E-state index < -0.39 is 5.41 Å². The van der Waals surface area contributed by atoms with Crippen molar-refractivity contribution in [1.82, 2.24) is 19.7 Å². The van der Waals surface area contributed by atoms with Crippen LogP contribution < -0.4 is 10.5 Å². The number of piperidine rings is 1. The number of amides is 1. The second-order valence-electron chi connectivity index (χ2n) is 10.1. The lowest BCUT2D eigenvalue weighted by Crippen LogP contribution is -2.55. The van der Waals surface area contributed by atoms with Gasteiger partial charge in [0.1, 0.15) is 28.7 Å². The highest BCUT2D eigenvalue weighted by Crippen LogP contribution is 2.37. The Morgan fingerprint density at radius 2 is 1.81 bits per heavy atom. The molecule has 2 aromatic carbocycles. The van der Waals surface area contributed by atoms with Gasteiger partial charge in [-0.25, -0.2) is 14.1 Å². The number of benzene rings is 2.